The lowest BCUT2D eigenvalue weighted by atomic mass is 9.90. The van der Waals surface area contributed by atoms with Crippen molar-refractivity contribution in [2.45, 2.75) is 13.8 Å². The maximum Gasteiger partial charge on any atom is 0.0475 e. The van der Waals surface area contributed by atoms with E-state index < -0.39 is 0 Å². The van der Waals surface area contributed by atoms with E-state index in [2.05, 4.69) is 35.1 Å². The molecule has 1 aliphatic heterocycles. The number of allylic oxidation sites excluding steroid dienone is 5. The SMILES string of the molecule is C/C=C/C=C1/N=CC=C(c2cccnc2)C1C. The Morgan fingerprint density at radius 3 is 2.94 bits per heavy atom. The van der Waals surface area contributed by atoms with E-state index in [4.69, 9.17) is 0 Å². The van der Waals surface area contributed by atoms with E-state index in [1.807, 2.05) is 37.6 Å². The van der Waals surface area contributed by atoms with E-state index in [1.165, 1.54) is 5.57 Å². The summed E-state index contributed by atoms with van der Waals surface area (Å²) in [6.45, 7) is 4.18. The van der Waals surface area contributed by atoms with Gasteiger partial charge in [0.25, 0.3) is 0 Å². The largest absolute Gasteiger partial charge is 0.264 e. The minimum absolute atomic E-state index is 0.306. The van der Waals surface area contributed by atoms with E-state index in [-0.39, 0.29) is 0 Å². The molecule has 0 saturated carbocycles. The van der Waals surface area contributed by atoms with Crippen molar-refractivity contribution in [3.05, 3.63) is 60.1 Å². The second kappa shape index (κ2) is 5.39. The third-order valence-electron chi connectivity index (χ3n) is 2.84. The molecule has 0 saturated heterocycles. The van der Waals surface area contributed by atoms with Crippen molar-refractivity contribution in [2.75, 3.05) is 0 Å². The van der Waals surface area contributed by atoms with Crippen molar-refractivity contribution in [3.63, 3.8) is 0 Å². The molecule has 0 radical (unpaired) electrons. The van der Waals surface area contributed by atoms with Crippen LogP contribution in [0.2, 0.25) is 0 Å². The van der Waals surface area contributed by atoms with Crippen LogP contribution < -0.4 is 0 Å². The molecule has 17 heavy (non-hydrogen) atoms. The van der Waals surface area contributed by atoms with Gasteiger partial charge in [-0.25, -0.2) is 0 Å². The molecule has 0 bridgehead atoms. The van der Waals surface area contributed by atoms with E-state index in [1.54, 1.807) is 6.20 Å². The fourth-order valence-electron chi connectivity index (χ4n) is 1.88. The number of aromatic nitrogens is 1. The standard InChI is InChI=1S/C15H16N2/c1-3-4-7-15-12(2)14(8-10-17-15)13-6-5-9-16-11-13/h3-12H,1-2H3/b4-3+,15-7+. The van der Waals surface area contributed by atoms with Crippen molar-refractivity contribution >= 4 is 11.8 Å². The molecular formula is C15H16N2. The second-order valence-corrected chi connectivity index (χ2v) is 3.98. The van der Waals surface area contributed by atoms with Crippen LogP contribution in [-0.2, 0) is 0 Å². The van der Waals surface area contributed by atoms with E-state index in [0.29, 0.717) is 5.92 Å². The highest BCUT2D eigenvalue weighted by molar-refractivity contribution is 5.89. The normalized spacial score (nSPS) is 22.1. The zero-order valence-electron chi connectivity index (χ0n) is 10.2. The molecule has 86 valence electrons. The Bertz CT molecular complexity index is 493. The van der Waals surface area contributed by atoms with Gasteiger partial charge in [-0.05, 0) is 36.3 Å². The molecule has 1 aliphatic rings. The van der Waals surface area contributed by atoms with Crippen LogP contribution in [0.4, 0.5) is 0 Å². The Morgan fingerprint density at radius 1 is 1.35 bits per heavy atom. The Labute approximate surface area is 102 Å². The number of nitrogens with zero attached hydrogens (tertiary/aromatic N) is 2. The van der Waals surface area contributed by atoms with Crippen LogP contribution in [0.25, 0.3) is 5.57 Å². The third kappa shape index (κ3) is 2.59. The molecule has 0 N–H and O–H groups in total. The van der Waals surface area contributed by atoms with Crippen LogP contribution in [0.1, 0.15) is 19.4 Å². The average Bonchev–Trinajstić information content (AvgIpc) is 2.39. The van der Waals surface area contributed by atoms with Gasteiger partial charge < -0.3 is 0 Å². The van der Waals surface area contributed by atoms with Gasteiger partial charge in [0.1, 0.15) is 0 Å². The molecule has 2 nitrogen and oxygen atoms in total. The summed E-state index contributed by atoms with van der Waals surface area (Å²) in [5.41, 5.74) is 3.52. The number of pyridine rings is 1. The minimum Gasteiger partial charge on any atom is -0.264 e. The van der Waals surface area contributed by atoms with Crippen molar-refractivity contribution in [3.8, 4) is 0 Å². The maximum absolute atomic E-state index is 4.41. The smallest absolute Gasteiger partial charge is 0.0475 e. The predicted octanol–water partition coefficient (Wildman–Crippen LogP) is 3.65. The van der Waals surface area contributed by atoms with Crippen molar-refractivity contribution in [1.82, 2.24) is 4.98 Å². The molecule has 1 unspecified atom stereocenters. The van der Waals surface area contributed by atoms with Gasteiger partial charge in [-0.2, -0.15) is 0 Å². The van der Waals surface area contributed by atoms with Crippen LogP contribution in [0.5, 0.6) is 0 Å². The predicted molar refractivity (Wildman–Crippen MR) is 72.8 cm³/mol. The quantitative estimate of drug-likeness (QED) is 0.752. The van der Waals surface area contributed by atoms with Crippen molar-refractivity contribution < 1.29 is 0 Å². The molecule has 0 aliphatic carbocycles. The molecule has 0 aromatic carbocycles. The summed E-state index contributed by atoms with van der Waals surface area (Å²) in [6, 6.07) is 4.05. The van der Waals surface area contributed by atoms with Crippen molar-refractivity contribution in [2.24, 2.45) is 10.9 Å². The lowest BCUT2D eigenvalue weighted by Crippen LogP contribution is -2.06. The first-order valence-corrected chi connectivity index (χ1v) is 5.80. The molecule has 1 aromatic rings. The van der Waals surface area contributed by atoms with Gasteiger partial charge in [-0.3, -0.25) is 9.98 Å². The number of hydrogen-bond acceptors (Lipinski definition) is 2. The Kier molecular flexibility index (Phi) is 3.66. The fourth-order valence-corrected chi connectivity index (χ4v) is 1.88. The molecular weight excluding hydrogens is 208 g/mol. The third-order valence-corrected chi connectivity index (χ3v) is 2.84. The molecule has 2 rings (SSSR count). The fraction of sp³-hybridized carbons (Fsp3) is 0.200. The summed E-state index contributed by atoms with van der Waals surface area (Å²) in [4.78, 5) is 8.57. The average molecular weight is 224 g/mol. The number of hydrogen-bond donors (Lipinski definition) is 0. The molecule has 0 amide bonds. The van der Waals surface area contributed by atoms with Crippen LogP contribution in [-0.4, -0.2) is 11.2 Å². The van der Waals surface area contributed by atoms with Crippen LogP contribution in [0.3, 0.4) is 0 Å². The molecule has 2 heterocycles. The number of dihydropyridines is 1. The number of aliphatic imine (C=N–C) groups is 1. The van der Waals surface area contributed by atoms with Gasteiger partial charge in [0.05, 0.1) is 0 Å². The van der Waals surface area contributed by atoms with Gasteiger partial charge >= 0.3 is 0 Å². The summed E-state index contributed by atoms with van der Waals surface area (Å²) in [7, 11) is 0. The Hall–Kier alpha value is -1.96. The summed E-state index contributed by atoms with van der Waals surface area (Å²) >= 11 is 0. The monoisotopic (exact) mass is 224 g/mol. The zero-order chi connectivity index (χ0) is 12.1. The highest BCUT2D eigenvalue weighted by Crippen LogP contribution is 2.31. The van der Waals surface area contributed by atoms with Gasteiger partial charge in [0.15, 0.2) is 0 Å². The lowest BCUT2D eigenvalue weighted by molar-refractivity contribution is 0.863. The Morgan fingerprint density at radius 2 is 2.24 bits per heavy atom. The van der Waals surface area contributed by atoms with Crippen LogP contribution >= 0.6 is 0 Å². The van der Waals surface area contributed by atoms with Gasteiger partial charge in [0.2, 0.25) is 0 Å². The van der Waals surface area contributed by atoms with Crippen LogP contribution in [0.15, 0.2) is 59.5 Å². The summed E-state index contributed by atoms with van der Waals surface area (Å²) in [6.07, 6.45) is 13.7. The minimum atomic E-state index is 0.306. The van der Waals surface area contributed by atoms with Crippen molar-refractivity contribution in [1.29, 1.82) is 0 Å². The summed E-state index contributed by atoms with van der Waals surface area (Å²) in [5, 5.41) is 0. The first-order valence-electron chi connectivity index (χ1n) is 5.80. The topological polar surface area (TPSA) is 25.2 Å². The second-order valence-electron chi connectivity index (χ2n) is 3.98. The highest BCUT2D eigenvalue weighted by atomic mass is 14.8. The van der Waals surface area contributed by atoms with E-state index in [0.717, 1.165) is 11.3 Å². The molecule has 2 heteroatoms. The van der Waals surface area contributed by atoms with Gasteiger partial charge in [-0.1, -0.05) is 25.1 Å². The molecule has 0 spiro atoms. The maximum atomic E-state index is 4.41. The Balaban J connectivity index is 2.32. The molecule has 0 fully saturated rings. The molecule has 1 atom stereocenters. The van der Waals surface area contributed by atoms with Gasteiger partial charge in [-0.15, -0.1) is 0 Å². The lowest BCUT2D eigenvalue weighted by Gasteiger charge is -2.19. The van der Waals surface area contributed by atoms with E-state index >= 15 is 0 Å². The van der Waals surface area contributed by atoms with Gasteiger partial charge in [0, 0.05) is 30.2 Å². The van der Waals surface area contributed by atoms with E-state index in [9.17, 15) is 0 Å². The summed E-state index contributed by atoms with van der Waals surface area (Å²) < 4.78 is 0. The zero-order valence-corrected chi connectivity index (χ0v) is 10.2. The molecule has 1 aromatic heterocycles. The summed E-state index contributed by atoms with van der Waals surface area (Å²) in [5.74, 6) is 0.306. The van der Waals surface area contributed by atoms with Crippen LogP contribution in [0, 0.1) is 5.92 Å². The highest BCUT2D eigenvalue weighted by Gasteiger charge is 2.17. The first kappa shape index (κ1) is 11.5. The number of rotatable bonds is 2. The first-order chi connectivity index (χ1) is 8.33.